The number of rotatable bonds is 3. The Morgan fingerprint density at radius 2 is 1.89 bits per heavy atom. The van der Waals surface area contributed by atoms with E-state index in [9.17, 15) is 4.79 Å². The van der Waals surface area contributed by atoms with Gasteiger partial charge >= 0.3 is 0 Å². The molecule has 4 nitrogen and oxygen atoms in total. The average molecular weight is 316 g/mol. The van der Waals surface area contributed by atoms with Crippen LogP contribution in [-0.4, -0.2) is 14.7 Å². The van der Waals surface area contributed by atoms with Crippen molar-refractivity contribution in [2.45, 2.75) is 13.8 Å². The van der Waals surface area contributed by atoms with Crippen molar-refractivity contribution < 1.29 is 4.79 Å². The number of aromatic nitrogens is 2. The predicted octanol–water partition coefficient (Wildman–Crippen LogP) is 4.11. The van der Waals surface area contributed by atoms with Crippen molar-refractivity contribution in [1.29, 1.82) is 0 Å². The Bertz CT molecular complexity index is 593. The van der Waals surface area contributed by atoms with E-state index in [-0.39, 0.29) is 11.8 Å². The minimum atomic E-state index is -0.142. The SMILES string of the molecule is CC(C)C(=O)Nc1nsnc1-c1c(Cl)cccc1Cl. The van der Waals surface area contributed by atoms with Crippen molar-refractivity contribution in [2.75, 3.05) is 5.32 Å². The summed E-state index contributed by atoms with van der Waals surface area (Å²) < 4.78 is 8.25. The van der Waals surface area contributed by atoms with Gasteiger partial charge in [-0.05, 0) is 12.1 Å². The molecule has 0 aliphatic rings. The van der Waals surface area contributed by atoms with E-state index < -0.39 is 0 Å². The molecule has 1 amide bonds. The smallest absolute Gasteiger partial charge is 0.228 e. The van der Waals surface area contributed by atoms with Gasteiger partial charge in [0.2, 0.25) is 5.91 Å². The molecule has 19 heavy (non-hydrogen) atoms. The van der Waals surface area contributed by atoms with Crippen LogP contribution in [0.3, 0.4) is 0 Å². The highest BCUT2D eigenvalue weighted by atomic mass is 35.5. The lowest BCUT2D eigenvalue weighted by Crippen LogP contribution is -2.18. The van der Waals surface area contributed by atoms with E-state index in [1.165, 1.54) is 0 Å². The van der Waals surface area contributed by atoms with Gasteiger partial charge in [-0.3, -0.25) is 4.79 Å². The van der Waals surface area contributed by atoms with Crippen LogP contribution >= 0.6 is 34.9 Å². The number of carbonyl (C=O) groups excluding carboxylic acids is 1. The van der Waals surface area contributed by atoms with Crippen molar-refractivity contribution in [3.05, 3.63) is 28.2 Å². The lowest BCUT2D eigenvalue weighted by molar-refractivity contribution is -0.118. The molecular weight excluding hydrogens is 305 g/mol. The molecule has 1 N–H and O–H groups in total. The fourth-order valence-electron chi connectivity index (χ4n) is 1.42. The molecule has 0 radical (unpaired) electrons. The van der Waals surface area contributed by atoms with Crippen LogP contribution in [0.2, 0.25) is 10.0 Å². The third kappa shape index (κ3) is 3.05. The highest BCUT2D eigenvalue weighted by Gasteiger charge is 2.19. The van der Waals surface area contributed by atoms with E-state index in [1.54, 1.807) is 32.0 Å². The third-order valence-corrected chi connectivity index (χ3v) is 3.61. The molecule has 100 valence electrons. The number of carbonyl (C=O) groups is 1. The second-order valence-electron chi connectivity index (χ2n) is 4.20. The van der Waals surface area contributed by atoms with Gasteiger partial charge in [-0.15, -0.1) is 0 Å². The number of benzene rings is 1. The van der Waals surface area contributed by atoms with Crippen molar-refractivity contribution in [3.63, 3.8) is 0 Å². The normalized spacial score (nSPS) is 10.8. The van der Waals surface area contributed by atoms with Crippen LogP contribution in [0.5, 0.6) is 0 Å². The fraction of sp³-hybridized carbons (Fsp3) is 0.250. The van der Waals surface area contributed by atoms with E-state index in [0.717, 1.165) is 11.7 Å². The van der Waals surface area contributed by atoms with Crippen LogP contribution in [0.15, 0.2) is 18.2 Å². The molecule has 0 bridgehead atoms. The predicted molar refractivity (Wildman–Crippen MR) is 78.8 cm³/mol. The first-order valence-electron chi connectivity index (χ1n) is 5.58. The van der Waals surface area contributed by atoms with Gasteiger partial charge in [-0.1, -0.05) is 43.1 Å². The Hall–Kier alpha value is -1.17. The second kappa shape index (κ2) is 5.86. The Labute approximate surface area is 125 Å². The van der Waals surface area contributed by atoms with Crippen LogP contribution < -0.4 is 5.32 Å². The van der Waals surface area contributed by atoms with E-state index in [4.69, 9.17) is 23.2 Å². The Balaban J connectivity index is 2.42. The van der Waals surface area contributed by atoms with Gasteiger partial charge < -0.3 is 5.32 Å². The number of hydrogen-bond acceptors (Lipinski definition) is 4. The first-order chi connectivity index (χ1) is 9.00. The minimum Gasteiger partial charge on any atom is -0.308 e. The van der Waals surface area contributed by atoms with Gasteiger partial charge in [0, 0.05) is 11.5 Å². The van der Waals surface area contributed by atoms with Gasteiger partial charge in [0.25, 0.3) is 0 Å². The topological polar surface area (TPSA) is 54.9 Å². The molecule has 0 spiro atoms. The maximum atomic E-state index is 11.7. The van der Waals surface area contributed by atoms with E-state index >= 15 is 0 Å². The molecular formula is C12H11Cl2N3OS. The zero-order valence-electron chi connectivity index (χ0n) is 10.3. The maximum Gasteiger partial charge on any atom is 0.228 e. The molecule has 7 heteroatoms. The van der Waals surface area contributed by atoms with Gasteiger partial charge in [0.05, 0.1) is 21.8 Å². The Morgan fingerprint density at radius 3 is 2.47 bits per heavy atom. The monoisotopic (exact) mass is 315 g/mol. The van der Waals surface area contributed by atoms with Gasteiger partial charge in [-0.2, -0.15) is 8.75 Å². The average Bonchev–Trinajstić information content (AvgIpc) is 2.77. The van der Waals surface area contributed by atoms with Crippen molar-refractivity contribution >= 4 is 46.7 Å². The molecule has 0 unspecified atom stereocenters. The summed E-state index contributed by atoms with van der Waals surface area (Å²) in [7, 11) is 0. The quantitative estimate of drug-likeness (QED) is 0.927. The van der Waals surface area contributed by atoms with Crippen LogP contribution in [0.1, 0.15) is 13.8 Å². The lowest BCUT2D eigenvalue weighted by atomic mass is 10.1. The zero-order valence-corrected chi connectivity index (χ0v) is 12.6. The number of halogens is 2. The van der Waals surface area contributed by atoms with Crippen LogP contribution in [0, 0.1) is 5.92 Å². The largest absolute Gasteiger partial charge is 0.308 e. The molecule has 0 saturated heterocycles. The number of nitrogens with one attached hydrogen (secondary N) is 1. The maximum absolute atomic E-state index is 11.7. The first kappa shape index (κ1) is 14.2. The van der Waals surface area contributed by atoms with Crippen LogP contribution in [0.4, 0.5) is 5.82 Å². The molecule has 0 fully saturated rings. The third-order valence-electron chi connectivity index (χ3n) is 2.45. The molecule has 0 aliphatic heterocycles. The van der Waals surface area contributed by atoms with E-state index in [2.05, 4.69) is 14.1 Å². The summed E-state index contributed by atoms with van der Waals surface area (Å²) in [6.07, 6.45) is 0. The molecule has 1 heterocycles. The highest BCUT2D eigenvalue weighted by Crippen LogP contribution is 2.37. The molecule has 0 saturated carbocycles. The molecule has 1 aromatic heterocycles. The zero-order chi connectivity index (χ0) is 14.0. The van der Waals surface area contributed by atoms with E-state index in [1.807, 2.05) is 0 Å². The lowest BCUT2D eigenvalue weighted by Gasteiger charge is -2.08. The van der Waals surface area contributed by atoms with Gasteiger partial charge in [0.1, 0.15) is 5.69 Å². The summed E-state index contributed by atoms with van der Waals surface area (Å²) in [5.41, 5.74) is 1.08. The second-order valence-corrected chi connectivity index (χ2v) is 5.54. The number of anilines is 1. The summed E-state index contributed by atoms with van der Waals surface area (Å²) >= 11 is 13.3. The molecule has 2 aromatic rings. The van der Waals surface area contributed by atoms with Crippen molar-refractivity contribution in [3.8, 4) is 11.3 Å². The Kier molecular flexibility index (Phi) is 4.39. The standard InChI is InChI=1S/C12H11Cl2N3OS/c1-6(2)12(18)15-11-10(16-19-17-11)9-7(13)4-3-5-8(9)14/h3-6H,1-2H3,(H,15,17,18). The van der Waals surface area contributed by atoms with Crippen LogP contribution in [-0.2, 0) is 4.79 Å². The minimum absolute atomic E-state index is 0.128. The Morgan fingerprint density at radius 1 is 1.26 bits per heavy atom. The van der Waals surface area contributed by atoms with E-state index in [0.29, 0.717) is 27.1 Å². The number of nitrogens with zero attached hydrogens (tertiary/aromatic N) is 2. The summed E-state index contributed by atoms with van der Waals surface area (Å²) in [5.74, 6) is 0.118. The number of hydrogen-bond donors (Lipinski definition) is 1. The highest BCUT2D eigenvalue weighted by molar-refractivity contribution is 6.99. The molecule has 0 atom stereocenters. The van der Waals surface area contributed by atoms with Crippen molar-refractivity contribution in [1.82, 2.24) is 8.75 Å². The van der Waals surface area contributed by atoms with Crippen molar-refractivity contribution in [2.24, 2.45) is 5.92 Å². The fourth-order valence-corrected chi connectivity index (χ4v) is 2.51. The molecule has 2 rings (SSSR count). The number of amides is 1. The molecule has 1 aromatic carbocycles. The molecule has 0 aliphatic carbocycles. The summed E-state index contributed by atoms with van der Waals surface area (Å²) in [5, 5.41) is 3.67. The summed E-state index contributed by atoms with van der Waals surface area (Å²) in [6.45, 7) is 3.61. The van der Waals surface area contributed by atoms with Gasteiger partial charge in [-0.25, -0.2) is 0 Å². The first-order valence-corrected chi connectivity index (χ1v) is 7.07. The summed E-state index contributed by atoms with van der Waals surface area (Å²) in [4.78, 5) is 11.7. The summed E-state index contributed by atoms with van der Waals surface area (Å²) in [6, 6.07) is 5.19. The van der Waals surface area contributed by atoms with Crippen LogP contribution in [0.25, 0.3) is 11.3 Å². The van der Waals surface area contributed by atoms with Gasteiger partial charge in [0.15, 0.2) is 5.82 Å².